The average Bonchev–Trinajstić information content (AvgIpc) is 2.21. The van der Waals surface area contributed by atoms with Gasteiger partial charge in [-0.2, -0.15) is 0 Å². The predicted molar refractivity (Wildman–Crippen MR) is 65.2 cm³/mol. The van der Waals surface area contributed by atoms with E-state index in [1.807, 2.05) is 0 Å². The van der Waals surface area contributed by atoms with E-state index in [4.69, 9.17) is 5.73 Å². The van der Waals surface area contributed by atoms with Crippen molar-refractivity contribution in [3.8, 4) is 0 Å². The van der Waals surface area contributed by atoms with Crippen LogP contribution in [-0.4, -0.2) is 6.54 Å². The van der Waals surface area contributed by atoms with Crippen LogP contribution < -0.4 is 5.73 Å². The van der Waals surface area contributed by atoms with Crippen molar-refractivity contribution >= 4 is 0 Å². The van der Waals surface area contributed by atoms with Crippen LogP contribution in [0.15, 0.2) is 0 Å². The van der Waals surface area contributed by atoms with E-state index in [1.165, 1.54) is 64.2 Å². The van der Waals surface area contributed by atoms with Crippen molar-refractivity contribution in [3.05, 3.63) is 6.92 Å². The normalized spacial score (nSPS) is 10.7. The van der Waals surface area contributed by atoms with Crippen LogP contribution in [0.4, 0.5) is 0 Å². The molecule has 1 radical (unpaired) electrons. The molecule has 0 saturated carbocycles. The van der Waals surface area contributed by atoms with Gasteiger partial charge in [0.1, 0.15) is 0 Å². The third kappa shape index (κ3) is 12.0. The van der Waals surface area contributed by atoms with Crippen LogP contribution >= 0.6 is 0 Å². The summed E-state index contributed by atoms with van der Waals surface area (Å²) >= 11 is 0. The van der Waals surface area contributed by atoms with E-state index in [-0.39, 0.29) is 0 Å². The molecule has 0 heterocycles. The minimum absolute atomic E-state index is 0.866. The van der Waals surface area contributed by atoms with Gasteiger partial charge in [-0.3, -0.25) is 0 Å². The van der Waals surface area contributed by atoms with E-state index in [0.29, 0.717) is 0 Å². The van der Waals surface area contributed by atoms with Crippen LogP contribution in [-0.2, 0) is 0 Å². The van der Waals surface area contributed by atoms with Crippen molar-refractivity contribution in [3.63, 3.8) is 0 Å². The quantitative estimate of drug-likeness (QED) is 0.498. The topological polar surface area (TPSA) is 26.0 Å². The summed E-state index contributed by atoms with van der Waals surface area (Å²) in [6.45, 7) is 4.72. The highest BCUT2D eigenvalue weighted by Gasteiger charge is 1.91. The summed E-state index contributed by atoms with van der Waals surface area (Å²) in [6, 6.07) is 0. The van der Waals surface area contributed by atoms with Crippen molar-refractivity contribution in [2.45, 2.75) is 70.6 Å². The minimum Gasteiger partial charge on any atom is -0.330 e. The van der Waals surface area contributed by atoms with Gasteiger partial charge in [-0.15, -0.1) is 0 Å². The predicted octanol–water partition coefficient (Wildman–Crippen LogP) is 4.07. The molecule has 85 valence electrons. The lowest BCUT2D eigenvalue weighted by atomic mass is 10.1. The van der Waals surface area contributed by atoms with Crippen molar-refractivity contribution in [2.24, 2.45) is 5.73 Å². The number of rotatable bonds is 11. The molecule has 0 atom stereocenters. The third-order valence-electron chi connectivity index (χ3n) is 2.70. The zero-order chi connectivity index (χ0) is 10.5. The lowest BCUT2D eigenvalue weighted by Crippen LogP contribution is -1.97. The zero-order valence-electron chi connectivity index (χ0n) is 9.77. The van der Waals surface area contributed by atoms with E-state index < -0.39 is 0 Å². The van der Waals surface area contributed by atoms with Crippen molar-refractivity contribution in [2.75, 3.05) is 6.54 Å². The first-order valence-corrected chi connectivity index (χ1v) is 6.41. The van der Waals surface area contributed by atoms with Crippen molar-refractivity contribution in [1.29, 1.82) is 0 Å². The Hall–Kier alpha value is -0.0400. The van der Waals surface area contributed by atoms with E-state index in [2.05, 4.69) is 6.92 Å². The highest BCUT2D eigenvalue weighted by Crippen LogP contribution is 2.10. The number of unbranched alkanes of at least 4 members (excludes halogenated alkanes) is 10. The summed E-state index contributed by atoms with van der Waals surface area (Å²) in [5.74, 6) is 0. The molecule has 1 nitrogen and oxygen atoms in total. The van der Waals surface area contributed by atoms with Gasteiger partial charge in [-0.1, -0.05) is 71.1 Å². The van der Waals surface area contributed by atoms with Crippen molar-refractivity contribution in [1.82, 2.24) is 0 Å². The molecule has 0 aliphatic heterocycles. The molecule has 14 heavy (non-hydrogen) atoms. The third-order valence-corrected chi connectivity index (χ3v) is 2.70. The van der Waals surface area contributed by atoms with Crippen LogP contribution in [0, 0.1) is 6.92 Å². The number of hydrogen-bond acceptors (Lipinski definition) is 1. The van der Waals surface area contributed by atoms with Crippen LogP contribution in [0.3, 0.4) is 0 Å². The Kier molecular flexibility index (Phi) is 12.9. The van der Waals surface area contributed by atoms with Gasteiger partial charge in [0, 0.05) is 0 Å². The van der Waals surface area contributed by atoms with Crippen LogP contribution in [0.25, 0.3) is 0 Å². The van der Waals surface area contributed by atoms with Crippen LogP contribution in [0.1, 0.15) is 70.6 Å². The molecule has 0 bridgehead atoms. The first kappa shape index (κ1) is 14.0. The second kappa shape index (κ2) is 13.0. The summed E-state index contributed by atoms with van der Waals surface area (Å²) < 4.78 is 0. The van der Waals surface area contributed by atoms with Gasteiger partial charge in [0.15, 0.2) is 0 Å². The lowest BCUT2D eigenvalue weighted by Gasteiger charge is -2.01. The fraction of sp³-hybridized carbons (Fsp3) is 0.923. The SMILES string of the molecule is [CH2]CCCCCCCCCCCCN. The zero-order valence-corrected chi connectivity index (χ0v) is 9.77. The Labute approximate surface area is 90.5 Å². The second-order valence-corrected chi connectivity index (χ2v) is 4.18. The van der Waals surface area contributed by atoms with Gasteiger partial charge in [0.05, 0.1) is 0 Å². The van der Waals surface area contributed by atoms with Crippen LogP contribution in [0.2, 0.25) is 0 Å². The minimum atomic E-state index is 0.866. The van der Waals surface area contributed by atoms with Gasteiger partial charge in [-0.05, 0) is 13.0 Å². The van der Waals surface area contributed by atoms with Gasteiger partial charge >= 0.3 is 0 Å². The first-order chi connectivity index (χ1) is 6.91. The fourth-order valence-electron chi connectivity index (χ4n) is 1.74. The van der Waals surface area contributed by atoms with E-state index in [0.717, 1.165) is 13.0 Å². The van der Waals surface area contributed by atoms with E-state index in [1.54, 1.807) is 0 Å². The highest BCUT2D eigenvalue weighted by atomic mass is 14.5. The van der Waals surface area contributed by atoms with Crippen LogP contribution in [0.5, 0.6) is 0 Å². The van der Waals surface area contributed by atoms with Gasteiger partial charge in [0.2, 0.25) is 0 Å². The fourth-order valence-corrected chi connectivity index (χ4v) is 1.74. The van der Waals surface area contributed by atoms with Crippen molar-refractivity contribution < 1.29 is 0 Å². The number of hydrogen-bond donors (Lipinski definition) is 1. The summed E-state index contributed by atoms with van der Waals surface area (Å²) in [6.07, 6.45) is 14.9. The molecule has 0 aliphatic rings. The highest BCUT2D eigenvalue weighted by molar-refractivity contribution is 4.48. The van der Waals surface area contributed by atoms with Gasteiger partial charge in [0.25, 0.3) is 0 Å². The summed E-state index contributed by atoms with van der Waals surface area (Å²) in [5.41, 5.74) is 5.43. The summed E-state index contributed by atoms with van der Waals surface area (Å²) in [7, 11) is 0. The Morgan fingerprint density at radius 2 is 0.929 bits per heavy atom. The van der Waals surface area contributed by atoms with Gasteiger partial charge < -0.3 is 5.73 Å². The first-order valence-electron chi connectivity index (χ1n) is 6.41. The molecule has 1 heteroatoms. The Morgan fingerprint density at radius 3 is 1.29 bits per heavy atom. The molecule has 0 saturated heterocycles. The average molecular weight is 198 g/mol. The monoisotopic (exact) mass is 198 g/mol. The summed E-state index contributed by atoms with van der Waals surface area (Å²) in [4.78, 5) is 0. The maximum Gasteiger partial charge on any atom is -0.00773 e. The molecule has 0 aromatic rings. The molecule has 0 unspecified atom stereocenters. The molecule has 0 aromatic carbocycles. The lowest BCUT2D eigenvalue weighted by molar-refractivity contribution is 0.554. The number of nitrogens with two attached hydrogens (primary N) is 1. The smallest absolute Gasteiger partial charge is 0.00773 e. The molecule has 0 spiro atoms. The molecule has 0 aromatic heterocycles. The van der Waals surface area contributed by atoms with Gasteiger partial charge in [-0.25, -0.2) is 0 Å². The summed E-state index contributed by atoms with van der Waals surface area (Å²) in [5, 5.41) is 0. The molecule has 0 rings (SSSR count). The largest absolute Gasteiger partial charge is 0.330 e. The molecule has 0 aliphatic carbocycles. The maximum absolute atomic E-state index is 5.43. The Bertz CT molecular complexity index is 79.2. The Morgan fingerprint density at radius 1 is 0.571 bits per heavy atom. The molecular weight excluding hydrogens is 170 g/mol. The molecule has 0 amide bonds. The second-order valence-electron chi connectivity index (χ2n) is 4.18. The standard InChI is InChI=1S/C13H28N/c1-2-3-4-5-6-7-8-9-10-11-12-13-14/h1-14H2. The molecule has 0 fully saturated rings. The Balaban J connectivity index is 2.78. The molecule has 2 N–H and O–H groups in total. The van der Waals surface area contributed by atoms with E-state index >= 15 is 0 Å². The maximum atomic E-state index is 5.43. The van der Waals surface area contributed by atoms with E-state index in [9.17, 15) is 0 Å². The molecular formula is C13H28N.